The van der Waals surface area contributed by atoms with Gasteiger partial charge in [0.15, 0.2) is 0 Å². The Bertz CT molecular complexity index is 527. The standard InChI is InChI=1S/C15H14Cl2OS/c1-10(15(18)11-5-2-3-6-11)19-9-12-13(16)7-4-8-14(12)17/h2-8,10,18H,9H2,1H3. The van der Waals surface area contributed by atoms with E-state index in [1.807, 2.05) is 49.4 Å². The molecule has 0 aromatic heterocycles. The summed E-state index contributed by atoms with van der Waals surface area (Å²) in [6.07, 6.45) is 7.62. The topological polar surface area (TPSA) is 20.2 Å². The van der Waals surface area contributed by atoms with Crippen molar-refractivity contribution in [3.8, 4) is 0 Å². The van der Waals surface area contributed by atoms with E-state index in [0.29, 0.717) is 21.6 Å². The predicted molar refractivity (Wildman–Crippen MR) is 85.2 cm³/mol. The molecule has 0 radical (unpaired) electrons. The fraction of sp³-hybridized carbons (Fsp3) is 0.200. The minimum Gasteiger partial charge on any atom is -0.511 e. The van der Waals surface area contributed by atoms with Crippen molar-refractivity contribution in [3.05, 3.63) is 69.4 Å². The normalized spacial score (nSPS) is 15.0. The van der Waals surface area contributed by atoms with Gasteiger partial charge in [-0.05, 0) is 24.6 Å². The lowest BCUT2D eigenvalue weighted by atomic mass is 10.2. The Kier molecular flexibility index (Phi) is 5.03. The second-order valence-electron chi connectivity index (χ2n) is 4.21. The molecule has 0 bridgehead atoms. The molecule has 19 heavy (non-hydrogen) atoms. The van der Waals surface area contributed by atoms with Gasteiger partial charge in [-0.25, -0.2) is 0 Å². The molecule has 0 aliphatic heterocycles. The highest BCUT2D eigenvalue weighted by atomic mass is 35.5. The molecule has 0 heterocycles. The molecule has 1 unspecified atom stereocenters. The van der Waals surface area contributed by atoms with Gasteiger partial charge in [-0.15, -0.1) is 11.8 Å². The van der Waals surface area contributed by atoms with E-state index in [-0.39, 0.29) is 5.25 Å². The van der Waals surface area contributed by atoms with Crippen molar-refractivity contribution in [2.75, 3.05) is 0 Å². The fourth-order valence-electron chi connectivity index (χ4n) is 1.74. The summed E-state index contributed by atoms with van der Waals surface area (Å²) in [7, 11) is 0. The Labute approximate surface area is 127 Å². The van der Waals surface area contributed by atoms with E-state index in [4.69, 9.17) is 23.2 Å². The number of allylic oxidation sites excluding steroid dienone is 5. The molecule has 1 aromatic rings. The molecule has 2 rings (SSSR count). The van der Waals surface area contributed by atoms with Crippen LogP contribution in [0.3, 0.4) is 0 Å². The molecule has 4 heteroatoms. The predicted octanol–water partition coefficient (Wildman–Crippen LogP) is 5.55. The van der Waals surface area contributed by atoms with Gasteiger partial charge in [0.25, 0.3) is 0 Å². The van der Waals surface area contributed by atoms with Crippen LogP contribution in [0.1, 0.15) is 12.5 Å². The molecular weight excluding hydrogens is 299 g/mol. The largest absolute Gasteiger partial charge is 0.511 e. The van der Waals surface area contributed by atoms with Crippen LogP contribution < -0.4 is 0 Å². The molecule has 1 aromatic carbocycles. The van der Waals surface area contributed by atoms with Crippen molar-refractivity contribution in [1.82, 2.24) is 0 Å². The zero-order valence-electron chi connectivity index (χ0n) is 10.4. The van der Waals surface area contributed by atoms with Crippen molar-refractivity contribution in [2.24, 2.45) is 0 Å². The maximum atomic E-state index is 10.1. The SMILES string of the molecule is CC(SCc1c(Cl)cccc1Cl)C(O)=C1C=CC=C1. The van der Waals surface area contributed by atoms with Gasteiger partial charge in [-0.1, -0.05) is 53.6 Å². The first-order valence-electron chi connectivity index (χ1n) is 5.92. The Morgan fingerprint density at radius 1 is 1.21 bits per heavy atom. The first-order valence-corrected chi connectivity index (χ1v) is 7.72. The highest BCUT2D eigenvalue weighted by molar-refractivity contribution is 7.99. The van der Waals surface area contributed by atoms with Crippen LogP contribution in [0.5, 0.6) is 0 Å². The Hall–Kier alpha value is -0.830. The molecule has 1 atom stereocenters. The lowest BCUT2D eigenvalue weighted by Crippen LogP contribution is -2.03. The summed E-state index contributed by atoms with van der Waals surface area (Å²) in [4.78, 5) is 0. The molecule has 0 saturated carbocycles. The summed E-state index contributed by atoms with van der Waals surface area (Å²) in [5, 5.41) is 11.5. The third kappa shape index (κ3) is 3.59. The van der Waals surface area contributed by atoms with E-state index >= 15 is 0 Å². The lowest BCUT2D eigenvalue weighted by molar-refractivity contribution is 0.395. The van der Waals surface area contributed by atoms with Crippen LogP contribution in [-0.4, -0.2) is 10.4 Å². The van der Waals surface area contributed by atoms with E-state index in [2.05, 4.69) is 0 Å². The van der Waals surface area contributed by atoms with Crippen LogP contribution in [0, 0.1) is 0 Å². The van der Waals surface area contributed by atoms with Crippen LogP contribution in [0.25, 0.3) is 0 Å². The third-order valence-electron chi connectivity index (χ3n) is 2.88. The van der Waals surface area contributed by atoms with Gasteiger partial charge < -0.3 is 5.11 Å². The van der Waals surface area contributed by atoms with Crippen LogP contribution >= 0.6 is 35.0 Å². The smallest absolute Gasteiger partial charge is 0.112 e. The third-order valence-corrected chi connectivity index (χ3v) is 4.77. The number of benzene rings is 1. The highest BCUT2D eigenvalue weighted by Gasteiger charge is 2.14. The van der Waals surface area contributed by atoms with Crippen LogP contribution in [0.4, 0.5) is 0 Å². The number of hydrogen-bond acceptors (Lipinski definition) is 2. The van der Waals surface area contributed by atoms with Gasteiger partial charge in [0, 0.05) is 21.4 Å². The van der Waals surface area contributed by atoms with Gasteiger partial charge in [-0.2, -0.15) is 0 Å². The second-order valence-corrected chi connectivity index (χ2v) is 6.36. The summed E-state index contributed by atoms with van der Waals surface area (Å²) in [6.45, 7) is 1.97. The average molecular weight is 313 g/mol. The maximum absolute atomic E-state index is 10.1. The van der Waals surface area contributed by atoms with E-state index in [1.165, 1.54) is 0 Å². The van der Waals surface area contributed by atoms with E-state index in [0.717, 1.165) is 11.1 Å². The first-order chi connectivity index (χ1) is 9.09. The number of rotatable bonds is 4. The lowest BCUT2D eigenvalue weighted by Gasteiger charge is -2.13. The van der Waals surface area contributed by atoms with E-state index in [1.54, 1.807) is 11.8 Å². The zero-order chi connectivity index (χ0) is 13.8. The van der Waals surface area contributed by atoms with Crippen LogP contribution in [0.15, 0.2) is 53.8 Å². The van der Waals surface area contributed by atoms with Crippen LogP contribution in [0.2, 0.25) is 10.0 Å². The monoisotopic (exact) mass is 312 g/mol. The molecule has 1 N–H and O–H groups in total. The molecule has 0 spiro atoms. The van der Waals surface area contributed by atoms with Crippen molar-refractivity contribution in [1.29, 1.82) is 0 Å². The molecule has 1 aliphatic rings. The number of aliphatic hydroxyl groups is 1. The summed E-state index contributed by atoms with van der Waals surface area (Å²) in [5.41, 5.74) is 1.78. The molecule has 1 nitrogen and oxygen atoms in total. The maximum Gasteiger partial charge on any atom is 0.112 e. The fourth-order valence-corrected chi connectivity index (χ4v) is 3.45. The highest BCUT2D eigenvalue weighted by Crippen LogP contribution is 2.32. The summed E-state index contributed by atoms with van der Waals surface area (Å²) in [5.74, 6) is 1.06. The molecular formula is C15H14Cl2OS. The minimum atomic E-state index is -0.00487. The van der Waals surface area contributed by atoms with E-state index in [9.17, 15) is 5.11 Å². The number of aliphatic hydroxyl groups excluding tert-OH is 1. The van der Waals surface area contributed by atoms with Crippen molar-refractivity contribution in [3.63, 3.8) is 0 Å². The van der Waals surface area contributed by atoms with Gasteiger partial charge in [0.05, 0.1) is 5.25 Å². The van der Waals surface area contributed by atoms with Gasteiger partial charge in [0.2, 0.25) is 0 Å². The second kappa shape index (κ2) is 6.56. The molecule has 0 amide bonds. The van der Waals surface area contributed by atoms with Gasteiger partial charge >= 0.3 is 0 Å². The summed E-state index contributed by atoms with van der Waals surface area (Å²) < 4.78 is 0. The Balaban J connectivity index is 2.05. The number of thioether (sulfide) groups is 1. The first kappa shape index (κ1) is 14.6. The van der Waals surface area contributed by atoms with Crippen molar-refractivity contribution in [2.45, 2.75) is 17.9 Å². The summed E-state index contributed by atoms with van der Waals surface area (Å²) >= 11 is 13.9. The Morgan fingerprint density at radius 2 is 1.79 bits per heavy atom. The molecule has 100 valence electrons. The molecule has 1 aliphatic carbocycles. The average Bonchev–Trinajstić information content (AvgIpc) is 2.90. The van der Waals surface area contributed by atoms with Crippen molar-refractivity contribution < 1.29 is 5.11 Å². The molecule has 0 fully saturated rings. The Morgan fingerprint density at radius 3 is 2.37 bits per heavy atom. The minimum absolute atomic E-state index is 0.00487. The van der Waals surface area contributed by atoms with Crippen LogP contribution in [-0.2, 0) is 5.75 Å². The quantitative estimate of drug-likeness (QED) is 0.735. The van der Waals surface area contributed by atoms with Gasteiger partial charge in [0.1, 0.15) is 5.76 Å². The zero-order valence-corrected chi connectivity index (χ0v) is 12.8. The summed E-state index contributed by atoms with van der Waals surface area (Å²) in [6, 6.07) is 5.49. The van der Waals surface area contributed by atoms with Gasteiger partial charge in [-0.3, -0.25) is 0 Å². The molecule has 0 saturated heterocycles. The van der Waals surface area contributed by atoms with E-state index < -0.39 is 0 Å². The number of halogens is 2. The van der Waals surface area contributed by atoms with Crippen molar-refractivity contribution >= 4 is 35.0 Å². The number of hydrogen-bond donors (Lipinski definition) is 1.